The Morgan fingerprint density at radius 2 is 1.91 bits per heavy atom. The number of oxazole rings is 1. The molecule has 0 radical (unpaired) electrons. The van der Waals surface area contributed by atoms with Gasteiger partial charge in [0.25, 0.3) is 0 Å². The summed E-state index contributed by atoms with van der Waals surface area (Å²) in [4.78, 5) is 4.54. The first-order chi connectivity index (χ1) is 15.4. The topological polar surface area (TPSA) is 99.2 Å². The molecule has 0 amide bonds. The molecule has 3 aromatic rings. The van der Waals surface area contributed by atoms with Gasteiger partial charge in [0.2, 0.25) is 27.5 Å². The molecule has 0 unspecified atom stereocenters. The first-order valence-electron chi connectivity index (χ1n) is 10.7. The Labute approximate surface area is 188 Å². The third kappa shape index (κ3) is 4.54. The lowest BCUT2D eigenvalue weighted by atomic mass is 10.0. The number of anilines is 1. The average Bonchev–Trinajstić information content (AvgIpc) is 3.22. The number of nitrogens with one attached hydrogen (secondary N) is 1. The smallest absolute Gasteiger partial charge is 0.243 e. The molecule has 2 atom stereocenters. The van der Waals surface area contributed by atoms with E-state index in [2.05, 4.69) is 23.3 Å². The molecule has 4 rings (SSSR count). The molecular formula is C24H26N4O3S. The normalized spacial score (nSPS) is 18.1. The molecule has 32 heavy (non-hydrogen) atoms. The van der Waals surface area contributed by atoms with Gasteiger partial charge in [-0.05, 0) is 55.5 Å². The fourth-order valence-corrected chi connectivity index (χ4v) is 5.52. The minimum absolute atomic E-state index is 0.0800. The fraction of sp³-hybridized carbons (Fsp3) is 0.333. The number of nitrogens with zero attached hydrogens (tertiary/aromatic N) is 3. The Morgan fingerprint density at radius 3 is 2.56 bits per heavy atom. The number of sulfonamides is 1. The third-order valence-corrected chi connectivity index (χ3v) is 7.62. The van der Waals surface area contributed by atoms with Crippen LogP contribution in [0, 0.1) is 17.2 Å². The summed E-state index contributed by atoms with van der Waals surface area (Å²) in [5.41, 5.74) is 1.81. The number of nitriles is 1. The van der Waals surface area contributed by atoms with Crippen molar-refractivity contribution in [2.24, 2.45) is 5.92 Å². The molecule has 0 aliphatic carbocycles. The molecule has 0 spiro atoms. The molecule has 2 heterocycles. The van der Waals surface area contributed by atoms with E-state index in [4.69, 9.17) is 4.42 Å². The summed E-state index contributed by atoms with van der Waals surface area (Å²) in [7, 11) is -3.53. The molecule has 1 fully saturated rings. The first kappa shape index (κ1) is 22.1. The van der Waals surface area contributed by atoms with E-state index in [1.807, 2.05) is 37.3 Å². The highest BCUT2D eigenvalue weighted by Crippen LogP contribution is 2.30. The van der Waals surface area contributed by atoms with Crippen LogP contribution >= 0.6 is 0 Å². The van der Waals surface area contributed by atoms with Crippen molar-refractivity contribution in [3.63, 3.8) is 0 Å². The van der Waals surface area contributed by atoms with Gasteiger partial charge in [0, 0.05) is 18.7 Å². The lowest BCUT2D eigenvalue weighted by molar-refractivity contribution is 0.281. The number of hydrogen-bond donors (Lipinski definition) is 1. The van der Waals surface area contributed by atoms with Crippen LogP contribution < -0.4 is 5.32 Å². The highest BCUT2D eigenvalue weighted by Gasteiger charge is 2.28. The predicted molar refractivity (Wildman–Crippen MR) is 122 cm³/mol. The minimum Gasteiger partial charge on any atom is -0.419 e. The van der Waals surface area contributed by atoms with Gasteiger partial charge in [-0.15, -0.1) is 0 Å². The van der Waals surface area contributed by atoms with Crippen molar-refractivity contribution in [3.8, 4) is 17.5 Å². The van der Waals surface area contributed by atoms with E-state index in [1.54, 1.807) is 28.6 Å². The monoisotopic (exact) mass is 450 g/mol. The van der Waals surface area contributed by atoms with Gasteiger partial charge in [-0.2, -0.15) is 14.6 Å². The van der Waals surface area contributed by atoms with Crippen LogP contribution in [0.25, 0.3) is 11.5 Å². The second kappa shape index (κ2) is 9.15. The van der Waals surface area contributed by atoms with Crippen LogP contribution in [0.15, 0.2) is 63.9 Å². The van der Waals surface area contributed by atoms with Crippen LogP contribution in [0.1, 0.15) is 44.0 Å². The molecule has 0 saturated carbocycles. The van der Waals surface area contributed by atoms with E-state index in [1.165, 1.54) is 0 Å². The summed E-state index contributed by atoms with van der Waals surface area (Å²) < 4.78 is 33.3. The van der Waals surface area contributed by atoms with Crippen molar-refractivity contribution in [1.29, 1.82) is 5.26 Å². The van der Waals surface area contributed by atoms with Crippen molar-refractivity contribution in [2.45, 2.75) is 37.6 Å². The van der Waals surface area contributed by atoms with Crippen LogP contribution in [0.4, 0.5) is 5.88 Å². The molecule has 2 aromatic carbocycles. The van der Waals surface area contributed by atoms with Crippen molar-refractivity contribution < 1.29 is 12.8 Å². The van der Waals surface area contributed by atoms with Gasteiger partial charge in [-0.25, -0.2) is 8.42 Å². The second-order valence-electron chi connectivity index (χ2n) is 8.22. The maximum atomic E-state index is 13.0. The Hall–Kier alpha value is -3.15. The van der Waals surface area contributed by atoms with E-state index >= 15 is 0 Å². The summed E-state index contributed by atoms with van der Waals surface area (Å²) in [6, 6.07) is 18.3. The van der Waals surface area contributed by atoms with Gasteiger partial charge in [-0.1, -0.05) is 37.3 Å². The van der Waals surface area contributed by atoms with Crippen molar-refractivity contribution in [3.05, 3.63) is 65.9 Å². The molecule has 0 bridgehead atoms. The second-order valence-corrected chi connectivity index (χ2v) is 10.2. The van der Waals surface area contributed by atoms with Crippen molar-refractivity contribution in [2.75, 3.05) is 18.4 Å². The Balaban J connectivity index is 1.55. The number of rotatable bonds is 6. The maximum Gasteiger partial charge on any atom is 0.243 e. The Bertz CT molecular complexity index is 1210. The number of aromatic nitrogens is 1. The van der Waals surface area contributed by atoms with Crippen molar-refractivity contribution >= 4 is 15.9 Å². The molecule has 1 aliphatic heterocycles. The lowest BCUT2D eigenvalue weighted by Crippen LogP contribution is -2.39. The third-order valence-electron chi connectivity index (χ3n) is 5.74. The predicted octanol–water partition coefficient (Wildman–Crippen LogP) is 4.81. The van der Waals surface area contributed by atoms with E-state index in [0.29, 0.717) is 24.6 Å². The quantitative estimate of drug-likeness (QED) is 0.579. The van der Waals surface area contributed by atoms with E-state index < -0.39 is 10.0 Å². The zero-order valence-electron chi connectivity index (χ0n) is 18.2. The highest BCUT2D eigenvalue weighted by molar-refractivity contribution is 7.89. The Kier molecular flexibility index (Phi) is 6.31. The van der Waals surface area contributed by atoms with Gasteiger partial charge < -0.3 is 9.73 Å². The number of piperidine rings is 1. The van der Waals surface area contributed by atoms with Gasteiger partial charge in [0.15, 0.2) is 0 Å². The molecule has 8 heteroatoms. The molecule has 7 nitrogen and oxygen atoms in total. The summed E-state index contributed by atoms with van der Waals surface area (Å²) in [5.74, 6) is 0.913. The van der Waals surface area contributed by atoms with Gasteiger partial charge >= 0.3 is 0 Å². The molecule has 1 saturated heterocycles. The van der Waals surface area contributed by atoms with Crippen LogP contribution in [0.3, 0.4) is 0 Å². The molecule has 166 valence electrons. The SMILES string of the molecule is C[C@H]1CCCN(S(=O)(=O)c2ccc(-c3nc(C#N)c(N[C@@H](C)c4ccccc4)o3)cc2)C1. The largest absolute Gasteiger partial charge is 0.419 e. The number of benzene rings is 2. The molecule has 1 aliphatic rings. The van der Waals surface area contributed by atoms with E-state index in [9.17, 15) is 13.7 Å². The summed E-state index contributed by atoms with van der Waals surface area (Å²) in [6.07, 6.45) is 1.93. The molecule has 1 aromatic heterocycles. The average molecular weight is 451 g/mol. The molecular weight excluding hydrogens is 424 g/mol. The maximum absolute atomic E-state index is 13.0. The lowest BCUT2D eigenvalue weighted by Gasteiger charge is -2.30. The summed E-state index contributed by atoms with van der Waals surface area (Å²) in [5, 5.41) is 12.7. The Morgan fingerprint density at radius 1 is 1.19 bits per heavy atom. The first-order valence-corrected chi connectivity index (χ1v) is 12.2. The summed E-state index contributed by atoms with van der Waals surface area (Å²) >= 11 is 0. The fourth-order valence-electron chi connectivity index (χ4n) is 3.92. The van der Waals surface area contributed by atoms with Gasteiger partial charge in [0.05, 0.1) is 10.9 Å². The standard InChI is InChI=1S/C24H26N4O3S/c1-17-7-6-14-28(16-17)32(29,30)21-12-10-20(11-13-21)23-27-22(15-25)24(31-23)26-18(2)19-8-4-3-5-9-19/h3-5,8-13,17-18,26H,6-7,14,16H2,1-2H3/t17-,18-/m0/s1. The van der Waals surface area contributed by atoms with Gasteiger partial charge in [-0.3, -0.25) is 0 Å². The van der Waals surface area contributed by atoms with Gasteiger partial charge in [0.1, 0.15) is 6.07 Å². The van der Waals surface area contributed by atoms with Crippen molar-refractivity contribution in [1.82, 2.24) is 9.29 Å². The van der Waals surface area contributed by atoms with Crippen LogP contribution in [-0.4, -0.2) is 30.8 Å². The van der Waals surface area contributed by atoms with Crippen LogP contribution in [0.2, 0.25) is 0 Å². The highest BCUT2D eigenvalue weighted by atomic mass is 32.2. The van der Waals surface area contributed by atoms with E-state index in [0.717, 1.165) is 18.4 Å². The minimum atomic E-state index is -3.53. The molecule has 1 N–H and O–H groups in total. The summed E-state index contributed by atoms with van der Waals surface area (Å²) in [6.45, 7) is 5.14. The van der Waals surface area contributed by atoms with E-state index in [-0.39, 0.29) is 28.4 Å². The van der Waals surface area contributed by atoms with Crippen LogP contribution in [-0.2, 0) is 10.0 Å². The number of hydrogen-bond acceptors (Lipinski definition) is 6. The van der Waals surface area contributed by atoms with Crippen LogP contribution in [0.5, 0.6) is 0 Å². The zero-order valence-corrected chi connectivity index (χ0v) is 19.0. The zero-order chi connectivity index (χ0) is 22.7.